The zero-order valence-electron chi connectivity index (χ0n) is 11.8. The lowest BCUT2D eigenvalue weighted by atomic mass is 10.1. The van der Waals surface area contributed by atoms with E-state index in [0.29, 0.717) is 0 Å². The molecule has 2 aromatic rings. The number of aliphatic hydroxyl groups is 1. The van der Waals surface area contributed by atoms with Crippen molar-refractivity contribution in [1.29, 1.82) is 0 Å². The third kappa shape index (κ3) is 2.76. The Balaban J connectivity index is 2.41. The summed E-state index contributed by atoms with van der Waals surface area (Å²) in [5, 5.41) is 12.0. The molecule has 0 aromatic heterocycles. The van der Waals surface area contributed by atoms with Crippen LogP contribution < -0.4 is 4.90 Å². The zero-order chi connectivity index (χ0) is 14.2. The van der Waals surface area contributed by atoms with E-state index < -0.39 is 5.60 Å². The van der Waals surface area contributed by atoms with Crippen molar-refractivity contribution < 1.29 is 9.90 Å². The Morgan fingerprint density at radius 2 is 1.68 bits per heavy atom. The highest BCUT2D eigenvalue weighted by atomic mass is 16.3. The van der Waals surface area contributed by atoms with Crippen molar-refractivity contribution in [3.05, 3.63) is 42.0 Å². The minimum atomic E-state index is -1.36. The lowest BCUT2D eigenvalue weighted by molar-refractivity contribution is -0.133. The predicted octanol–water partition coefficient (Wildman–Crippen LogP) is 2.88. The van der Waals surface area contributed by atoms with E-state index in [0.717, 1.165) is 16.5 Å². The molecule has 0 aliphatic rings. The summed E-state index contributed by atoms with van der Waals surface area (Å²) in [6.07, 6.45) is 0. The molecule has 0 unspecified atom stereocenters. The summed E-state index contributed by atoms with van der Waals surface area (Å²) in [5.74, 6) is -0.320. The molecule has 0 radical (unpaired) electrons. The van der Waals surface area contributed by atoms with Crippen molar-refractivity contribution in [2.75, 3.05) is 11.9 Å². The van der Waals surface area contributed by atoms with E-state index in [9.17, 15) is 9.90 Å². The second-order valence-corrected chi connectivity index (χ2v) is 5.46. The first kappa shape index (κ1) is 13.6. The van der Waals surface area contributed by atoms with Gasteiger partial charge in [0, 0.05) is 12.7 Å². The molecule has 100 valence electrons. The summed E-state index contributed by atoms with van der Waals surface area (Å²) in [6, 6.07) is 12.0. The van der Waals surface area contributed by atoms with Crippen LogP contribution in [0.3, 0.4) is 0 Å². The quantitative estimate of drug-likeness (QED) is 0.898. The van der Waals surface area contributed by atoms with E-state index in [4.69, 9.17) is 0 Å². The van der Waals surface area contributed by atoms with Gasteiger partial charge >= 0.3 is 0 Å². The number of rotatable bonds is 2. The highest BCUT2D eigenvalue weighted by molar-refractivity contribution is 6.00. The topological polar surface area (TPSA) is 40.5 Å². The smallest absolute Gasteiger partial charge is 0.258 e. The number of anilines is 1. The number of aryl methyl sites for hydroxylation is 1. The van der Waals surface area contributed by atoms with Crippen LogP contribution in [-0.2, 0) is 4.79 Å². The molecule has 1 amide bonds. The second kappa shape index (κ2) is 4.67. The highest BCUT2D eigenvalue weighted by Crippen LogP contribution is 2.24. The summed E-state index contributed by atoms with van der Waals surface area (Å²) >= 11 is 0. The van der Waals surface area contributed by atoms with Gasteiger partial charge in [0.2, 0.25) is 0 Å². The van der Waals surface area contributed by atoms with Crippen molar-refractivity contribution in [1.82, 2.24) is 0 Å². The number of fused-ring (bicyclic) bond motifs is 1. The van der Waals surface area contributed by atoms with Gasteiger partial charge in [0.1, 0.15) is 5.60 Å². The van der Waals surface area contributed by atoms with Gasteiger partial charge in [-0.3, -0.25) is 4.79 Å². The highest BCUT2D eigenvalue weighted by Gasteiger charge is 2.28. The van der Waals surface area contributed by atoms with Gasteiger partial charge < -0.3 is 10.0 Å². The average molecular weight is 257 g/mol. The summed E-state index contributed by atoms with van der Waals surface area (Å²) in [4.78, 5) is 13.5. The third-order valence-corrected chi connectivity index (χ3v) is 3.19. The van der Waals surface area contributed by atoms with Crippen LogP contribution in [0.1, 0.15) is 19.4 Å². The molecule has 0 saturated carbocycles. The lowest BCUT2D eigenvalue weighted by Crippen LogP contribution is -2.43. The fraction of sp³-hybridized carbons (Fsp3) is 0.312. The van der Waals surface area contributed by atoms with Crippen molar-refractivity contribution in [2.24, 2.45) is 0 Å². The van der Waals surface area contributed by atoms with Crippen LogP contribution >= 0.6 is 0 Å². The Hall–Kier alpha value is -1.87. The van der Waals surface area contributed by atoms with Crippen LogP contribution in [0.25, 0.3) is 10.8 Å². The number of hydrogen-bond acceptors (Lipinski definition) is 2. The summed E-state index contributed by atoms with van der Waals surface area (Å²) < 4.78 is 0. The van der Waals surface area contributed by atoms with Gasteiger partial charge in [-0.05, 0) is 43.7 Å². The number of likely N-dealkylation sites (N-methyl/N-ethyl adjacent to an activating group) is 1. The molecule has 3 heteroatoms. The van der Waals surface area contributed by atoms with E-state index >= 15 is 0 Å². The van der Waals surface area contributed by atoms with Crippen LogP contribution in [-0.4, -0.2) is 23.7 Å². The standard InChI is InChI=1S/C16H19NO2/c1-11-5-6-13-10-14(8-7-12(13)9-11)17(4)15(18)16(2,3)19/h5-10,19H,1-4H3. The maximum absolute atomic E-state index is 12.0. The number of hydrogen-bond donors (Lipinski definition) is 1. The second-order valence-electron chi connectivity index (χ2n) is 5.46. The lowest BCUT2D eigenvalue weighted by Gasteiger charge is -2.25. The minimum absolute atomic E-state index is 0.320. The fourth-order valence-corrected chi connectivity index (χ4v) is 2.09. The Morgan fingerprint density at radius 1 is 1.11 bits per heavy atom. The number of nitrogens with zero attached hydrogens (tertiary/aromatic N) is 1. The Bertz CT molecular complexity index is 626. The minimum Gasteiger partial charge on any atom is -0.381 e. The molecular weight excluding hydrogens is 238 g/mol. The molecule has 0 heterocycles. The normalized spacial score (nSPS) is 11.6. The Morgan fingerprint density at radius 3 is 2.32 bits per heavy atom. The van der Waals surface area contributed by atoms with Crippen LogP contribution in [0.2, 0.25) is 0 Å². The molecule has 0 spiro atoms. The van der Waals surface area contributed by atoms with Crippen LogP contribution in [0.5, 0.6) is 0 Å². The van der Waals surface area contributed by atoms with Gasteiger partial charge in [-0.1, -0.05) is 29.8 Å². The van der Waals surface area contributed by atoms with Crippen molar-refractivity contribution in [2.45, 2.75) is 26.4 Å². The van der Waals surface area contributed by atoms with E-state index in [-0.39, 0.29) is 5.91 Å². The Kier molecular flexibility index (Phi) is 3.33. The molecule has 0 atom stereocenters. The van der Waals surface area contributed by atoms with Gasteiger partial charge in [0.25, 0.3) is 5.91 Å². The molecule has 2 rings (SSSR count). The van der Waals surface area contributed by atoms with Gasteiger partial charge in [-0.2, -0.15) is 0 Å². The molecule has 0 aliphatic carbocycles. The van der Waals surface area contributed by atoms with E-state index in [1.54, 1.807) is 7.05 Å². The number of carbonyl (C=O) groups is 1. The predicted molar refractivity (Wildman–Crippen MR) is 78.4 cm³/mol. The maximum Gasteiger partial charge on any atom is 0.258 e. The van der Waals surface area contributed by atoms with E-state index in [1.807, 2.05) is 30.3 Å². The average Bonchev–Trinajstić information content (AvgIpc) is 2.35. The monoisotopic (exact) mass is 257 g/mol. The van der Waals surface area contributed by atoms with Crippen LogP contribution in [0.15, 0.2) is 36.4 Å². The molecule has 19 heavy (non-hydrogen) atoms. The first-order chi connectivity index (χ1) is 8.79. The van der Waals surface area contributed by atoms with Crippen molar-refractivity contribution in [3.63, 3.8) is 0 Å². The van der Waals surface area contributed by atoms with Gasteiger partial charge in [-0.15, -0.1) is 0 Å². The molecule has 0 aliphatic heterocycles. The number of benzene rings is 2. The first-order valence-corrected chi connectivity index (χ1v) is 6.30. The van der Waals surface area contributed by atoms with Crippen LogP contribution in [0.4, 0.5) is 5.69 Å². The molecule has 3 nitrogen and oxygen atoms in total. The molecule has 0 saturated heterocycles. The van der Waals surface area contributed by atoms with Gasteiger partial charge in [-0.25, -0.2) is 0 Å². The first-order valence-electron chi connectivity index (χ1n) is 6.30. The third-order valence-electron chi connectivity index (χ3n) is 3.19. The maximum atomic E-state index is 12.0. The van der Waals surface area contributed by atoms with Crippen LogP contribution in [0, 0.1) is 6.92 Å². The largest absolute Gasteiger partial charge is 0.381 e. The SMILES string of the molecule is Cc1ccc2cc(N(C)C(=O)C(C)(C)O)ccc2c1. The van der Waals surface area contributed by atoms with E-state index in [1.165, 1.54) is 24.3 Å². The van der Waals surface area contributed by atoms with Crippen molar-refractivity contribution in [3.8, 4) is 0 Å². The summed E-state index contributed by atoms with van der Waals surface area (Å²) in [6.45, 7) is 5.05. The molecule has 0 fully saturated rings. The summed E-state index contributed by atoms with van der Waals surface area (Å²) in [7, 11) is 1.68. The fourth-order valence-electron chi connectivity index (χ4n) is 2.09. The molecule has 1 N–H and O–H groups in total. The summed E-state index contributed by atoms with van der Waals surface area (Å²) in [5.41, 5.74) is 0.626. The van der Waals surface area contributed by atoms with Gasteiger partial charge in [0.15, 0.2) is 0 Å². The number of amides is 1. The molecular formula is C16H19NO2. The van der Waals surface area contributed by atoms with Crippen molar-refractivity contribution >= 4 is 22.4 Å². The Labute approximate surface area is 113 Å². The van der Waals surface area contributed by atoms with E-state index in [2.05, 4.69) is 13.0 Å². The molecule has 2 aromatic carbocycles. The molecule has 0 bridgehead atoms. The zero-order valence-corrected chi connectivity index (χ0v) is 11.8. The number of carbonyl (C=O) groups excluding carboxylic acids is 1. The van der Waals surface area contributed by atoms with Gasteiger partial charge in [0.05, 0.1) is 0 Å².